The highest BCUT2D eigenvalue weighted by molar-refractivity contribution is 7.99. The second-order valence-corrected chi connectivity index (χ2v) is 4.31. The van der Waals surface area contributed by atoms with Crippen LogP contribution in [0.2, 0.25) is 0 Å². The number of nitrogens with zero attached hydrogens (tertiary/aromatic N) is 1. The van der Waals surface area contributed by atoms with Gasteiger partial charge in [0.2, 0.25) is 0 Å². The molecule has 5 nitrogen and oxygen atoms in total. The van der Waals surface area contributed by atoms with E-state index < -0.39 is 0 Å². The molecule has 1 atom stereocenters. The molecule has 0 bridgehead atoms. The van der Waals surface area contributed by atoms with E-state index in [1.807, 2.05) is 0 Å². The Labute approximate surface area is 98.1 Å². The Morgan fingerprint density at radius 3 is 2.88 bits per heavy atom. The monoisotopic (exact) mass is 242 g/mol. The molecule has 0 radical (unpaired) electrons. The molecule has 2 N–H and O–H groups in total. The van der Waals surface area contributed by atoms with Crippen LogP contribution < -0.4 is 5.73 Å². The molecule has 0 aliphatic heterocycles. The van der Waals surface area contributed by atoms with Crippen LogP contribution in [-0.2, 0) is 4.74 Å². The Balaban J connectivity index is 2.63. The van der Waals surface area contributed by atoms with Crippen molar-refractivity contribution in [3.8, 4) is 0 Å². The molecule has 0 fully saturated rings. The number of nitro benzene ring substituents is 1. The summed E-state index contributed by atoms with van der Waals surface area (Å²) >= 11 is 1.38. The minimum absolute atomic E-state index is 0.116. The minimum Gasteiger partial charge on any atom is -0.383 e. The van der Waals surface area contributed by atoms with Crippen molar-refractivity contribution >= 4 is 17.4 Å². The first-order chi connectivity index (χ1) is 7.65. The summed E-state index contributed by atoms with van der Waals surface area (Å²) in [5, 5.41) is 10.7. The SMILES string of the molecule is COCC(N)CSc1ccccc1[N+](=O)[O-]. The quantitative estimate of drug-likeness (QED) is 0.466. The number of hydrogen-bond acceptors (Lipinski definition) is 5. The molecule has 16 heavy (non-hydrogen) atoms. The second-order valence-electron chi connectivity index (χ2n) is 3.25. The Kier molecular flexibility index (Phi) is 5.24. The first-order valence-electron chi connectivity index (χ1n) is 4.76. The van der Waals surface area contributed by atoms with Crippen LogP contribution in [0.1, 0.15) is 0 Å². The van der Waals surface area contributed by atoms with Crippen LogP contribution in [0.25, 0.3) is 0 Å². The van der Waals surface area contributed by atoms with Gasteiger partial charge < -0.3 is 10.5 Å². The number of hydrogen-bond donors (Lipinski definition) is 1. The van der Waals surface area contributed by atoms with E-state index in [4.69, 9.17) is 10.5 Å². The fourth-order valence-corrected chi connectivity index (χ4v) is 2.14. The standard InChI is InChI=1S/C10H14N2O3S/c1-15-6-8(11)7-16-10-5-3-2-4-9(10)12(13)14/h2-5,8H,6-7,11H2,1H3. The summed E-state index contributed by atoms with van der Waals surface area (Å²) in [5.41, 5.74) is 5.86. The maximum Gasteiger partial charge on any atom is 0.282 e. The summed E-state index contributed by atoms with van der Waals surface area (Å²) in [7, 11) is 1.58. The number of para-hydroxylation sites is 1. The van der Waals surface area contributed by atoms with Crippen molar-refractivity contribution in [2.24, 2.45) is 5.73 Å². The molecule has 0 aliphatic rings. The van der Waals surface area contributed by atoms with Crippen molar-refractivity contribution < 1.29 is 9.66 Å². The molecule has 0 amide bonds. The maximum absolute atomic E-state index is 10.7. The summed E-state index contributed by atoms with van der Waals surface area (Å²) in [5.74, 6) is 0.596. The van der Waals surface area contributed by atoms with Crippen LogP contribution in [0, 0.1) is 10.1 Å². The maximum atomic E-state index is 10.7. The van der Waals surface area contributed by atoms with Crippen LogP contribution >= 0.6 is 11.8 Å². The summed E-state index contributed by atoms with van der Waals surface area (Å²) in [6.45, 7) is 0.452. The van der Waals surface area contributed by atoms with E-state index >= 15 is 0 Å². The third-order valence-corrected chi connectivity index (χ3v) is 3.15. The van der Waals surface area contributed by atoms with Gasteiger partial charge in [-0.25, -0.2) is 0 Å². The molecular formula is C10H14N2O3S. The van der Waals surface area contributed by atoms with Gasteiger partial charge >= 0.3 is 0 Å². The van der Waals surface area contributed by atoms with Gasteiger partial charge in [-0.15, -0.1) is 11.8 Å². The number of thioether (sulfide) groups is 1. The number of rotatable bonds is 6. The lowest BCUT2D eigenvalue weighted by atomic mass is 10.3. The smallest absolute Gasteiger partial charge is 0.282 e. The Morgan fingerprint density at radius 1 is 1.56 bits per heavy atom. The van der Waals surface area contributed by atoms with Crippen molar-refractivity contribution in [1.82, 2.24) is 0 Å². The third kappa shape index (κ3) is 3.80. The Bertz CT molecular complexity index is 360. The highest BCUT2D eigenvalue weighted by atomic mass is 32.2. The zero-order chi connectivity index (χ0) is 12.0. The molecule has 1 aromatic carbocycles. The number of benzene rings is 1. The number of nitrogens with two attached hydrogens (primary N) is 1. The molecule has 0 aromatic heterocycles. The lowest BCUT2D eigenvalue weighted by Gasteiger charge is -2.09. The first kappa shape index (κ1) is 13.0. The fraction of sp³-hybridized carbons (Fsp3) is 0.400. The van der Waals surface area contributed by atoms with E-state index in [0.29, 0.717) is 17.3 Å². The number of methoxy groups -OCH3 is 1. The van der Waals surface area contributed by atoms with Crippen molar-refractivity contribution in [2.45, 2.75) is 10.9 Å². The highest BCUT2D eigenvalue weighted by Gasteiger charge is 2.13. The summed E-state index contributed by atoms with van der Waals surface area (Å²) in [4.78, 5) is 11.0. The predicted octanol–water partition coefficient (Wildman–Crippen LogP) is 1.66. The summed E-state index contributed by atoms with van der Waals surface area (Å²) < 4.78 is 4.90. The van der Waals surface area contributed by atoms with Crippen molar-refractivity contribution in [2.75, 3.05) is 19.5 Å². The van der Waals surface area contributed by atoms with Crippen LogP contribution in [0.3, 0.4) is 0 Å². The number of ether oxygens (including phenoxy) is 1. The van der Waals surface area contributed by atoms with Crippen molar-refractivity contribution in [1.29, 1.82) is 0 Å². The molecule has 0 aliphatic carbocycles. The lowest BCUT2D eigenvalue weighted by molar-refractivity contribution is -0.387. The zero-order valence-corrected chi connectivity index (χ0v) is 9.78. The van der Waals surface area contributed by atoms with Gasteiger partial charge in [-0.3, -0.25) is 10.1 Å². The average Bonchev–Trinajstić information content (AvgIpc) is 2.27. The van der Waals surface area contributed by atoms with E-state index in [9.17, 15) is 10.1 Å². The Hall–Kier alpha value is -1.11. The lowest BCUT2D eigenvalue weighted by Crippen LogP contribution is -2.28. The topological polar surface area (TPSA) is 78.4 Å². The van der Waals surface area contributed by atoms with E-state index in [0.717, 1.165) is 0 Å². The first-order valence-corrected chi connectivity index (χ1v) is 5.74. The minimum atomic E-state index is -0.385. The molecule has 1 rings (SSSR count). The van der Waals surface area contributed by atoms with E-state index in [1.165, 1.54) is 17.8 Å². The molecule has 1 unspecified atom stereocenters. The van der Waals surface area contributed by atoms with E-state index in [1.54, 1.807) is 25.3 Å². The molecular weight excluding hydrogens is 228 g/mol. The van der Waals surface area contributed by atoms with E-state index in [-0.39, 0.29) is 16.7 Å². The van der Waals surface area contributed by atoms with Crippen molar-refractivity contribution in [3.63, 3.8) is 0 Å². The zero-order valence-electron chi connectivity index (χ0n) is 8.96. The Morgan fingerprint density at radius 2 is 2.25 bits per heavy atom. The highest BCUT2D eigenvalue weighted by Crippen LogP contribution is 2.28. The molecule has 1 aromatic rings. The van der Waals surface area contributed by atoms with Gasteiger partial charge in [0.25, 0.3) is 5.69 Å². The van der Waals surface area contributed by atoms with Gasteiger partial charge in [-0.2, -0.15) is 0 Å². The largest absolute Gasteiger partial charge is 0.383 e. The van der Waals surface area contributed by atoms with Crippen LogP contribution in [0.5, 0.6) is 0 Å². The third-order valence-electron chi connectivity index (χ3n) is 1.90. The fourth-order valence-electron chi connectivity index (χ4n) is 1.19. The molecule has 0 saturated carbocycles. The van der Waals surface area contributed by atoms with Gasteiger partial charge in [-0.1, -0.05) is 12.1 Å². The molecule has 0 spiro atoms. The van der Waals surface area contributed by atoms with Crippen LogP contribution in [0.4, 0.5) is 5.69 Å². The number of nitro groups is 1. The van der Waals surface area contributed by atoms with Crippen LogP contribution in [-0.4, -0.2) is 30.4 Å². The van der Waals surface area contributed by atoms with Gasteiger partial charge in [0, 0.05) is 25.0 Å². The van der Waals surface area contributed by atoms with Gasteiger partial charge in [0.1, 0.15) is 0 Å². The summed E-state index contributed by atoms with van der Waals surface area (Å²) in [6.07, 6.45) is 0. The second kappa shape index (κ2) is 6.47. The molecule has 6 heteroatoms. The molecule has 0 saturated heterocycles. The molecule has 0 heterocycles. The predicted molar refractivity (Wildman–Crippen MR) is 63.7 cm³/mol. The summed E-state index contributed by atoms with van der Waals surface area (Å²) in [6, 6.07) is 6.52. The van der Waals surface area contributed by atoms with E-state index in [2.05, 4.69) is 0 Å². The normalized spacial score (nSPS) is 12.4. The molecule has 88 valence electrons. The van der Waals surface area contributed by atoms with Crippen molar-refractivity contribution in [3.05, 3.63) is 34.4 Å². The van der Waals surface area contributed by atoms with Gasteiger partial charge in [0.05, 0.1) is 16.4 Å². The van der Waals surface area contributed by atoms with Gasteiger partial charge in [-0.05, 0) is 6.07 Å². The average molecular weight is 242 g/mol. The van der Waals surface area contributed by atoms with Crippen LogP contribution in [0.15, 0.2) is 29.2 Å². The van der Waals surface area contributed by atoms with Gasteiger partial charge in [0.15, 0.2) is 0 Å².